The second kappa shape index (κ2) is 7.02. The van der Waals surface area contributed by atoms with Crippen molar-refractivity contribution in [2.24, 2.45) is 0 Å². The Morgan fingerprint density at radius 2 is 1.89 bits per heavy atom. The number of carboxylic acid groups (broad SMARTS) is 1. The average Bonchev–Trinajstić information content (AvgIpc) is 3.28. The lowest BCUT2D eigenvalue weighted by atomic mass is 10.0. The summed E-state index contributed by atoms with van der Waals surface area (Å²) >= 11 is 7.10. The monoisotopic (exact) mass is 395 g/mol. The van der Waals surface area contributed by atoms with E-state index in [0.29, 0.717) is 21.2 Å². The Hall–Kier alpha value is -2.89. The van der Waals surface area contributed by atoms with Crippen LogP contribution in [0.2, 0.25) is 5.02 Å². The summed E-state index contributed by atoms with van der Waals surface area (Å²) in [6, 6.07) is 12.4. The summed E-state index contributed by atoms with van der Waals surface area (Å²) in [6.45, 7) is 0. The summed E-state index contributed by atoms with van der Waals surface area (Å²) in [5.74, 6) is -1.42. The molecule has 0 aliphatic heterocycles. The lowest BCUT2D eigenvalue weighted by Gasteiger charge is -2.07. The molecular formula is C21H14ClNO3S. The van der Waals surface area contributed by atoms with Crippen LogP contribution in [0.4, 0.5) is 5.00 Å². The van der Waals surface area contributed by atoms with E-state index < -0.39 is 5.97 Å². The summed E-state index contributed by atoms with van der Waals surface area (Å²) in [6.07, 6.45) is 4.90. The normalized spacial score (nSPS) is 12.0. The smallest absolute Gasteiger partial charge is 0.339 e. The highest BCUT2D eigenvalue weighted by atomic mass is 35.5. The molecule has 27 heavy (non-hydrogen) atoms. The zero-order chi connectivity index (χ0) is 19.0. The lowest BCUT2D eigenvalue weighted by molar-refractivity contribution is 0.0699. The zero-order valence-electron chi connectivity index (χ0n) is 14.0. The number of rotatable bonds is 4. The molecule has 0 atom stereocenters. The van der Waals surface area contributed by atoms with Gasteiger partial charge in [0.25, 0.3) is 5.91 Å². The molecule has 134 valence electrons. The van der Waals surface area contributed by atoms with Crippen LogP contribution in [0.5, 0.6) is 0 Å². The first-order valence-corrected chi connectivity index (χ1v) is 9.50. The Balaban J connectivity index is 1.66. The number of thiophene rings is 1. The van der Waals surface area contributed by atoms with E-state index in [4.69, 9.17) is 11.6 Å². The summed E-state index contributed by atoms with van der Waals surface area (Å²) in [5.41, 5.74) is 4.07. The van der Waals surface area contributed by atoms with Gasteiger partial charge < -0.3 is 10.4 Å². The number of fused-ring (bicyclic) bond motifs is 1. The molecule has 3 aromatic rings. The van der Waals surface area contributed by atoms with Crippen molar-refractivity contribution in [2.75, 3.05) is 5.32 Å². The molecule has 0 fully saturated rings. The van der Waals surface area contributed by atoms with Gasteiger partial charge >= 0.3 is 5.97 Å². The van der Waals surface area contributed by atoms with Crippen LogP contribution in [-0.2, 0) is 6.42 Å². The number of halogens is 1. The highest BCUT2D eigenvalue weighted by Crippen LogP contribution is 2.36. The van der Waals surface area contributed by atoms with Gasteiger partial charge in [-0.05, 0) is 47.4 Å². The number of carboxylic acids is 1. The number of carbonyl (C=O) groups is 2. The number of allylic oxidation sites excluding steroid dienone is 1. The van der Waals surface area contributed by atoms with Gasteiger partial charge in [0.05, 0.1) is 0 Å². The fourth-order valence-electron chi connectivity index (χ4n) is 3.07. The molecule has 4 rings (SSSR count). The summed E-state index contributed by atoms with van der Waals surface area (Å²) in [7, 11) is 0. The minimum absolute atomic E-state index is 0.0803. The molecule has 1 aromatic heterocycles. The van der Waals surface area contributed by atoms with Gasteiger partial charge in [-0.15, -0.1) is 11.3 Å². The number of hydrogen-bond donors (Lipinski definition) is 2. The number of nitrogens with one attached hydrogen (secondary N) is 1. The number of anilines is 1. The third kappa shape index (κ3) is 3.39. The van der Waals surface area contributed by atoms with Crippen molar-refractivity contribution in [3.05, 3.63) is 81.2 Å². The van der Waals surface area contributed by atoms with E-state index in [9.17, 15) is 14.7 Å². The Bertz CT molecular complexity index is 1080. The first-order valence-electron chi connectivity index (χ1n) is 8.24. The molecule has 0 radical (unpaired) electrons. The fraction of sp³-hybridized carbons (Fsp3) is 0.0476. The predicted octanol–water partition coefficient (Wildman–Crippen LogP) is 5.59. The van der Waals surface area contributed by atoms with Crippen molar-refractivity contribution < 1.29 is 14.7 Å². The van der Waals surface area contributed by atoms with Gasteiger partial charge in [0.2, 0.25) is 0 Å². The number of hydrogen-bond acceptors (Lipinski definition) is 3. The average molecular weight is 396 g/mol. The van der Waals surface area contributed by atoms with Gasteiger partial charge in [-0.2, -0.15) is 0 Å². The zero-order valence-corrected chi connectivity index (χ0v) is 15.6. The topological polar surface area (TPSA) is 66.4 Å². The number of aromatic carboxylic acids is 1. The highest BCUT2D eigenvalue weighted by Gasteiger charge is 2.22. The van der Waals surface area contributed by atoms with Crippen LogP contribution in [0.15, 0.2) is 53.9 Å². The molecule has 0 spiro atoms. The van der Waals surface area contributed by atoms with Gasteiger partial charge in [-0.3, -0.25) is 4.79 Å². The molecule has 0 bridgehead atoms. The highest BCUT2D eigenvalue weighted by molar-refractivity contribution is 7.15. The molecule has 2 N–H and O–H groups in total. The van der Waals surface area contributed by atoms with Crippen LogP contribution < -0.4 is 5.32 Å². The SMILES string of the molecule is O=C(Nc1scc(-c2ccc(Cl)cc2)c1C(=O)O)c1ccc2c(c1)C=CC2. The van der Waals surface area contributed by atoms with Crippen LogP contribution in [-0.4, -0.2) is 17.0 Å². The van der Waals surface area contributed by atoms with Gasteiger partial charge in [0.1, 0.15) is 10.6 Å². The van der Waals surface area contributed by atoms with Crippen LogP contribution in [0.25, 0.3) is 17.2 Å². The van der Waals surface area contributed by atoms with Crippen molar-refractivity contribution in [1.29, 1.82) is 0 Å². The van der Waals surface area contributed by atoms with Crippen molar-refractivity contribution >= 4 is 45.9 Å². The van der Waals surface area contributed by atoms with Crippen LogP contribution in [0, 0.1) is 0 Å². The van der Waals surface area contributed by atoms with Crippen molar-refractivity contribution in [2.45, 2.75) is 6.42 Å². The third-order valence-electron chi connectivity index (χ3n) is 4.43. The molecule has 1 amide bonds. The maximum atomic E-state index is 12.6. The molecule has 1 heterocycles. The Morgan fingerprint density at radius 1 is 1.11 bits per heavy atom. The molecule has 4 nitrogen and oxygen atoms in total. The van der Waals surface area contributed by atoms with E-state index in [1.165, 1.54) is 16.9 Å². The largest absolute Gasteiger partial charge is 0.478 e. The minimum Gasteiger partial charge on any atom is -0.478 e. The molecule has 2 aromatic carbocycles. The Kier molecular flexibility index (Phi) is 4.56. The summed E-state index contributed by atoms with van der Waals surface area (Å²) in [4.78, 5) is 24.5. The molecule has 1 aliphatic carbocycles. The number of amides is 1. The van der Waals surface area contributed by atoms with Gasteiger partial charge in [-0.25, -0.2) is 4.79 Å². The number of carbonyl (C=O) groups excluding carboxylic acids is 1. The summed E-state index contributed by atoms with van der Waals surface area (Å²) < 4.78 is 0. The third-order valence-corrected chi connectivity index (χ3v) is 5.58. The minimum atomic E-state index is -1.09. The molecule has 0 saturated carbocycles. The van der Waals surface area contributed by atoms with Gasteiger partial charge in [0.15, 0.2) is 0 Å². The van der Waals surface area contributed by atoms with Crippen molar-refractivity contribution in [3.8, 4) is 11.1 Å². The Morgan fingerprint density at radius 3 is 2.63 bits per heavy atom. The van der Waals surface area contributed by atoms with Gasteiger partial charge in [0, 0.05) is 21.5 Å². The quantitative estimate of drug-likeness (QED) is 0.605. The maximum Gasteiger partial charge on any atom is 0.339 e. The second-order valence-electron chi connectivity index (χ2n) is 6.14. The lowest BCUT2D eigenvalue weighted by Crippen LogP contribution is -2.13. The van der Waals surface area contributed by atoms with E-state index in [1.807, 2.05) is 24.3 Å². The number of benzene rings is 2. The predicted molar refractivity (Wildman–Crippen MR) is 109 cm³/mol. The first kappa shape index (κ1) is 17.5. The molecule has 6 heteroatoms. The van der Waals surface area contributed by atoms with E-state index in [-0.39, 0.29) is 11.5 Å². The van der Waals surface area contributed by atoms with Crippen LogP contribution >= 0.6 is 22.9 Å². The van der Waals surface area contributed by atoms with Crippen LogP contribution in [0.1, 0.15) is 31.8 Å². The van der Waals surface area contributed by atoms with E-state index in [2.05, 4.69) is 5.32 Å². The molecular weight excluding hydrogens is 382 g/mol. The van der Waals surface area contributed by atoms with Gasteiger partial charge in [-0.1, -0.05) is 42.0 Å². The maximum absolute atomic E-state index is 12.6. The van der Waals surface area contributed by atoms with E-state index in [1.54, 1.807) is 35.7 Å². The van der Waals surface area contributed by atoms with E-state index >= 15 is 0 Å². The van der Waals surface area contributed by atoms with Crippen LogP contribution in [0.3, 0.4) is 0 Å². The standard InChI is InChI=1S/C21H14ClNO3S/c22-16-8-6-13(7-9-16)17-11-27-20(18(17)21(25)26)23-19(24)15-5-4-12-2-1-3-14(12)10-15/h1,3-11H,2H2,(H,23,24)(H,25,26). The summed E-state index contributed by atoms with van der Waals surface area (Å²) in [5, 5.41) is 15.0. The first-order chi connectivity index (χ1) is 13.0. The second-order valence-corrected chi connectivity index (χ2v) is 7.46. The molecule has 0 unspecified atom stereocenters. The van der Waals surface area contributed by atoms with Crippen molar-refractivity contribution in [1.82, 2.24) is 0 Å². The van der Waals surface area contributed by atoms with E-state index in [0.717, 1.165) is 17.5 Å². The Labute approximate surface area is 164 Å². The fourth-order valence-corrected chi connectivity index (χ4v) is 4.15. The molecule has 1 aliphatic rings. The van der Waals surface area contributed by atoms with Crippen molar-refractivity contribution in [3.63, 3.8) is 0 Å². The molecule has 0 saturated heterocycles.